The maximum atomic E-state index is 5.87. The lowest BCUT2D eigenvalue weighted by atomic mass is 10.2. The standard InChI is InChI=1S/C12H15I2N3O/c1-3-15-5-10-8(2)4-9(18-10)6-17-7-16-11(13)12(17)14/h4,7,15H,3,5-6H2,1-2H3. The summed E-state index contributed by atoms with van der Waals surface area (Å²) in [5.74, 6) is 2.00. The molecule has 98 valence electrons. The number of aryl methyl sites for hydroxylation is 1. The van der Waals surface area contributed by atoms with Crippen molar-refractivity contribution in [3.8, 4) is 0 Å². The number of nitrogens with one attached hydrogen (secondary N) is 1. The number of halogens is 2. The van der Waals surface area contributed by atoms with Crippen LogP contribution in [0, 0.1) is 14.3 Å². The lowest BCUT2D eigenvalue weighted by Crippen LogP contribution is -2.11. The van der Waals surface area contributed by atoms with Gasteiger partial charge < -0.3 is 14.3 Å². The number of furan rings is 1. The Labute approximate surface area is 134 Å². The van der Waals surface area contributed by atoms with Crippen molar-refractivity contribution in [1.82, 2.24) is 14.9 Å². The Morgan fingerprint density at radius 3 is 2.83 bits per heavy atom. The summed E-state index contributed by atoms with van der Waals surface area (Å²) in [6.45, 7) is 6.66. The van der Waals surface area contributed by atoms with Crippen LogP contribution in [0.5, 0.6) is 0 Å². The van der Waals surface area contributed by atoms with E-state index in [4.69, 9.17) is 4.42 Å². The van der Waals surface area contributed by atoms with Gasteiger partial charge in [0.1, 0.15) is 18.9 Å². The van der Waals surface area contributed by atoms with Crippen LogP contribution >= 0.6 is 45.2 Å². The van der Waals surface area contributed by atoms with Gasteiger partial charge in [0.25, 0.3) is 0 Å². The summed E-state index contributed by atoms with van der Waals surface area (Å²) in [4.78, 5) is 4.28. The fourth-order valence-electron chi connectivity index (χ4n) is 1.70. The van der Waals surface area contributed by atoms with Crippen molar-refractivity contribution >= 4 is 45.2 Å². The van der Waals surface area contributed by atoms with Gasteiger partial charge in [-0.25, -0.2) is 4.98 Å². The first-order valence-electron chi connectivity index (χ1n) is 5.76. The predicted molar refractivity (Wildman–Crippen MR) is 87.6 cm³/mol. The minimum Gasteiger partial charge on any atom is -0.463 e. The topological polar surface area (TPSA) is 43.0 Å². The number of hydrogen-bond donors (Lipinski definition) is 1. The second-order valence-electron chi connectivity index (χ2n) is 4.05. The van der Waals surface area contributed by atoms with Crippen molar-refractivity contribution in [2.45, 2.75) is 26.9 Å². The van der Waals surface area contributed by atoms with E-state index in [2.05, 4.69) is 80.0 Å². The molecule has 0 aliphatic rings. The molecule has 0 aliphatic carbocycles. The van der Waals surface area contributed by atoms with E-state index in [-0.39, 0.29) is 0 Å². The van der Waals surface area contributed by atoms with Crippen LogP contribution in [-0.4, -0.2) is 16.1 Å². The van der Waals surface area contributed by atoms with Crippen LogP contribution in [0.2, 0.25) is 0 Å². The Kier molecular flexibility index (Phi) is 5.07. The highest BCUT2D eigenvalue weighted by atomic mass is 127. The summed E-state index contributed by atoms with van der Waals surface area (Å²) in [5.41, 5.74) is 1.20. The van der Waals surface area contributed by atoms with Crippen LogP contribution in [0.25, 0.3) is 0 Å². The number of nitrogens with zero attached hydrogens (tertiary/aromatic N) is 2. The van der Waals surface area contributed by atoms with Crippen molar-refractivity contribution in [1.29, 1.82) is 0 Å². The Morgan fingerprint density at radius 2 is 2.22 bits per heavy atom. The van der Waals surface area contributed by atoms with Gasteiger partial charge >= 0.3 is 0 Å². The van der Waals surface area contributed by atoms with Crippen LogP contribution in [0.1, 0.15) is 24.0 Å². The van der Waals surface area contributed by atoms with Gasteiger partial charge in [0, 0.05) is 0 Å². The second kappa shape index (κ2) is 6.38. The van der Waals surface area contributed by atoms with Crippen molar-refractivity contribution in [2.24, 2.45) is 0 Å². The molecule has 0 aromatic carbocycles. The zero-order valence-corrected chi connectivity index (χ0v) is 14.6. The molecule has 2 aromatic rings. The van der Waals surface area contributed by atoms with E-state index in [0.717, 1.165) is 38.6 Å². The number of hydrogen-bond acceptors (Lipinski definition) is 3. The zero-order valence-electron chi connectivity index (χ0n) is 10.3. The third-order valence-corrected chi connectivity index (χ3v) is 5.62. The summed E-state index contributed by atoms with van der Waals surface area (Å²) >= 11 is 4.54. The summed E-state index contributed by atoms with van der Waals surface area (Å²) in [6, 6.07) is 2.11. The Balaban J connectivity index is 2.12. The molecule has 0 bridgehead atoms. The van der Waals surface area contributed by atoms with Crippen molar-refractivity contribution < 1.29 is 4.42 Å². The molecule has 0 atom stereocenters. The van der Waals surface area contributed by atoms with E-state index < -0.39 is 0 Å². The summed E-state index contributed by atoms with van der Waals surface area (Å²) in [7, 11) is 0. The zero-order chi connectivity index (χ0) is 13.1. The average Bonchev–Trinajstić information content (AvgIpc) is 2.84. The fourth-order valence-corrected chi connectivity index (χ4v) is 2.57. The molecule has 0 fully saturated rings. The predicted octanol–water partition coefficient (Wildman–Crippen LogP) is 3.15. The first-order chi connectivity index (χ1) is 8.61. The van der Waals surface area contributed by atoms with Gasteiger partial charge in [-0.15, -0.1) is 0 Å². The first kappa shape index (κ1) is 14.3. The van der Waals surface area contributed by atoms with Gasteiger partial charge in [-0.3, -0.25) is 0 Å². The normalized spacial score (nSPS) is 11.1. The molecule has 0 saturated heterocycles. The quantitative estimate of drug-likeness (QED) is 0.682. The Morgan fingerprint density at radius 1 is 1.44 bits per heavy atom. The molecule has 18 heavy (non-hydrogen) atoms. The molecule has 0 unspecified atom stereocenters. The second-order valence-corrected chi connectivity index (χ2v) is 6.10. The summed E-state index contributed by atoms with van der Waals surface area (Å²) in [5, 5.41) is 3.28. The van der Waals surface area contributed by atoms with E-state index in [0.29, 0.717) is 0 Å². The summed E-state index contributed by atoms with van der Waals surface area (Å²) < 4.78 is 10.1. The number of aromatic nitrogens is 2. The molecule has 2 rings (SSSR count). The van der Waals surface area contributed by atoms with Crippen LogP contribution in [-0.2, 0) is 13.1 Å². The average molecular weight is 471 g/mol. The lowest BCUT2D eigenvalue weighted by molar-refractivity contribution is 0.437. The fraction of sp³-hybridized carbons (Fsp3) is 0.417. The van der Waals surface area contributed by atoms with Gasteiger partial charge in [-0.2, -0.15) is 0 Å². The molecule has 2 aromatic heterocycles. The molecule has 0 aliphatic heterocycles. The van der Waals surface area contributed by atoms with E-state index in [9.17, 15) is 0 Å². The largest absolute Gasteiger partial charge is 0.463 e. The molecule has 4 nitrogen and oxygen atoms in total. The van der Waals surface area contributed by atoms with E-state index in [1.165, 1.54) is 5.56 Å². The van der Waals surface area contributed by atoms with Gasteiger partial charge in [0.05, 0.1) is 19.4 Å². The van der Waals surface area contributed by atoms with Crippen LogP contribution in [0.3, 0.4) is 0 Å². The van der Waals surface area contributed by atoms with Gasteiger partial charge in [0.2, 0.25) is 0 Å². The third kappa shape index (κ3) is 3.27. The Hall–Kier alpha value is -0.0900. The monoisotopic (exact) mass is 471 g/mol. The van der Waals surface area contributed by atoms with Gasteiger partial charge in [-0.05, 0) is 70.3 Å². The van der Waals surface area contributed by atoms with Crippen molar-refractivity contribution in [2.75, 3.05) is 6.54 Å². The Bertz CT molecular complexity index is 533. The van der Waals surface area contributed by atoms with Crippen LogP contribution in [0.4, 0.5) is 0 Å². The van der Waals surface area contributed by atoms with Crippen LogP contribution in [0.15, 0.2) is 16.8 Å². The van der Waals surface area contributed by atoms with Gasteiger partial charge in [-0.1, -0.05) is 6.92 Å². The summed E-state index contributed by atoms with van der Waals surface area (Å²) in [6.07, 6.45) is 1.85. The molecule has 0 saturated carbocycles. The molecular formula is C12H15I2N3O. The molecule has 0 amide bonds. The molecule has 0 radical (unpaired) electrons. The first-order valence-corrected chi connectivity index (χ1v) is 7.92. The van der Waals surface area contributed by atoms with E-state index in [1.54, 1.807) is 0 Å². The van der Waals surface area contributed by atoms with Crippen molar-refractivity contribution in [3.05, 3.63) is 36.9 Å². The highest BCUT2D eigenvalue weighted by Crippen LogP contribution is 2.18. The van der Waals surface area contributed by atoms with Crippen LogP contribution < -0.4 is 5.32 Å². The van der Waals surface area contributed by atoms with E-state index >= 15 is 0 Å². The smallest absolute Gasteiger partial charge is 0.132 e. The molecule has 2 heterocycles. The molecule has 6 heteroatoms. The lowest BCUT2D eigenvalue weighted by Gasteiger charge is -2.01. The minimum atomic E-state index is 0.737. The molecular weight excluding hydrogens is 456 g/mol. The number of rotatable bonds is 5. The number of imidazole rings is 1. The van der Waals surface area contributed by atoms with E-state index in [1.807, 2.05) is 6.33 Å². The maximum Gasteiger partial charge on any atom is 0.132 e. The van der Waals surface area contributed by atoms with Gasteiger partial charge in [0.15, 0.2) is 0 Å². The molecule has 0 spiro atoms. The maximum absolute atomic E-state index is 5.87. The van der Waals surface area contributed by atoms with Crippen molar-refractivity contribution in [3.63, 3.8) is 0 Å². The minimum absolute atomic E-state index is 0.737. The molecule has 1 N–H and O–H groups in total. The highest BCUT2D eigenvalue weighted by Gasteiger charge is 2.10. The SMILES string of the molecule is CCNCc1oc(Cn2cnc(I)c2I)cc1C. The highest BCUT2D eigenvalue weighted by molar-refractivity contribution is 14.1. The third-order valence-electron chi connectivity index (χ3n) is 2.67.